The van der Waals surface area contributed by atoms with Crippen molar-refractivity contribution in [3.05, 3.63) is 60.2 Å². The van der Waals surface area contributed by atoms with Crippen LogP contribution in [-0.2, 0) is 26.2 Å². The molecule has 29 heavy (non-hydrogen) atoms. The van der Waals surface area contributed by atoms with Crippen LogP contribution in [0.15, 0.2) is 59.5 Å². The zero-order chi connectivity index (χ0) is 20.9. The molecule has 9 heteroatoms. The fourth-order valence-corrected chi connectivity index (χ4v) is 4.80. The van der Waals surface area contributed by atoms with Crippen LogP contribution < -0.4 is 15.4 Å². The van der Waals surface area contributed by atoms with Gasteiger partial charge in [-0.2, -0.15) is 4.31 Å². The normalized spacial score (nSPS) is 17.4. The van der Waals surface area contributed by atoms with Gasteiger partial charge in [-0.15, -0.1) is 0 Å². The summed E-state index contributed by atoms with van der Waals surface area (Å²) in [4.78, 5) is 25.0. The van der Waals surface area contributed by atoms with E-state index in [1.807, 2.05) is 18.2 Å². The first-order valence-electron chi connectivity index (χ1n) is 9.16. The van der Waals surface area contributed by atoms with Crippen molar-refractivity contribution < 1.29 is 22.7 Å². The van der Waals surface area contributed by atoms with Crippen LogP contribution in [0.5, 0.6) is 5.75 Å². The second kappa shape index (κ2) is 9.06. The zero-order valence-electron chi connectivity index (χ0n) is 16.0. The van der Waals surface area contributed by atoms with Gasteiger partial charge in [-0.25, -0.2) is 8.42 Å². The number of carbonyl (C=O) groups is 2. The van der Waals surface area contributed by atoms with Gasteiger partial charge in [0.1, 0.15) is 11.8 Å². The summed E-state index contributed by atoms with van der Waals surface area (Å²) in [5.74, 6) is -0.272. The molecular weight excluding hydrogens is 394 g/mol. The molecule has 1 aliphatic rings. The monoisotopic (exact) mass is 417 g/mol. The lowest BCUT2D eigenvalue weighted by Crippen LogP contribution is -2.58. The molecule has 2 amide bonds. The molecule has 1 heterocycles. The van der Waals surface area contributed by atoms with Gasteiger partial charge in [0.05, 0.1) is 18.4 Å². The second-order valence-corrected chi connectivity index (χ2v) is 8.42. The number of para-hydroxylation sites is 1. The summed E-state index contributed by atoms with van der Waals surface area (Å²) < 4.78 is 32.3. The highest BCUT2D eigenvalue weighted by Crippen LogP contribution is 2.22. The summed E-state index contributed by atoms with van der Waals surface area (Å²) in [5.41, 5.74) is 0.783. The van der Waals surface area contributed by atoms with Crippen LogP contribution in [0.4, 0.5) is 0 Å². The van der Waals surface area contributed by atoms with E-state index in [1.165, 1.54) is 12.1 Å². The van der Waals surface area contributed by atoms with E-state index in [4.69, 9.17) is 4.74 Å². The van der Waals surface area contributed by atoms with Crippen molar-refractivity contribution >= 4 is 21.8 Å². The van der Waals surface area contributed by atoms with Crippen LogP contribution in [0.25, 0.3) is 0 Å². The number of nitrogens with one attached hydrogen (secondary N) is 2. The molecule has 0 aromatic heterocycles. The summed E-state index contributed by atoms with van der Waals surface area (Å²) in [7, 11) is -2.35. The molecule has 2 N–H and O–H groups in total. The minimum Gasteiger partial charge on any atom is -0.496 e. The first-order valence-corrected chi connectivity index (χ1v) is 10.6. The number of piperazine rings is 1. The fraction of sp³-hybridized carbons (Fsp3) is 0.300. The van der Waals surface area contributed by atoms with Crippen LogP contribution in [-0.4, -0.2) is 50.8 Å². The molecule has 1 aliphatic heterocycles. The summed E-state index contributed by atoms with van der Waals surface area (Å²) in [6, 6.07) is 14.0. The Morgan fingerprint density at radius 3 is 2.59 bits per heavy atom. The average molecular weight is 417 g/mol. The van der Waals surface area contributed by atoms with Crippen LogP contribution in [0.2, 0.25) is 0 Å². The fourth-order valence-electron chi connectivity index (χ4n) is 3.19. The Bertz CT molecular complexity index is 979. The molecule has 1 fully saturated rings. The van der Waals surface area contributed by atoms with Gasteiger partial charge >= 0.3 is 0 Å². The number of hydrogen-bond acceptors (Lipinski definition) is 5. The molecule has 0 spiro atoms. The van der Waals surface area contributed by atoms with Crippen molar-refractivity contribution in [2.24, 2.45) is 0 Å². The largest absolute Gasteiger partial charge is 0.496 e. The van der Waals surface area contributed by atoms with E-state index < -0.39 is 27.9 Å². The summed E-state index contributed by atoms with van der Waals surface area (Å²) >= 11 is 0. The zero-order valence-corrected chi connectivity index (χ0v) is 16.8. The predicted octanol–water partition coefficient (Wildman–Crippen LogP) is 0.891. The van der Waals surface area contributed by atoms with Gasteiger partial charge in [0.25, 0.3) is 0 Å². The van der Waals surface area contributed by atoms with Crippen molar-refractivity contribution in [1.82, 2.24) is 14.9 Å². The quantitative estimate of drug-likeness (QED) is 0.696. The third-order valence-corrected chi connectivity index (χ3v) is 6.60. The third-order valence-electron chi connectivity index (χ3n) is 4.68. The first kappa shape index (κ1) is 20.8. The predicted molar refractivity (Wildman–Crippen MR) is 107 cm³/mol. The Labute approximate surface area is 169 Å². The lowest BCUT2D eigenvalue weighted by atomic mass is 10.1. The number of rotatable bonds is 7. The highest BCUT2D eigenvalue weighted by molar-refractivity contribution is 7.89. The van der Waals surface area contributed by atoms with E-state index in [-0.39, 0.29) is 31.0 Å². The molecule has 154 valence electrons. The highest BCUT2D eigenvalue weighted by Gasteiger charge is 2.39. The van der Waals surface area contributed by atoms with Crippen molar-refractivity contribution in [2.45, 2.75) is 23.9 Å². The van der Waals surface area contributed by atoms with Crippen LogP contribution in [0.1, 0.15) is 12.0 Å². The number of amides is 2. The van der Waals surface area contributed by atoms with Gasteiger partial charge in [0, 0.05) is 25.2 Å². The highest BCUT2D eigenvalue weighted by atomic mass is 32.2. The van der Waals surface area contributed by atoms with E-state index in [9.17, 15) is 18.0 Å². The topological polar surface area (TPSA) is 105 Å². The third kappa shape index (κ3) is 4.75. The lowest BCUT2D eigenvalue weighted by Gasteiger charge is -2.33. The van der Waals surface area contributed by atoms with Gasteiger partial charge in [-0.05, 0) is 18.2 Å². The lowest BCUT2D eigenvalue weighted by molar-refractivity contribution is -0.131. The molecule has 0 radical (unpaired) electrons. The van der Waals surface area contributed by atoms with Crippen LogP contribution >= 0.6 is 0 Å². The molecule has 1 atom stereocenters. The molecule has 0 bridgehead atoms. The molecule has 3 rings (SSSR count). The summed E-state index contributed by atoms with van der Waals surface area (Å²) in [5, 5.41) is 5.37. The molecular formula is C20H23N3O5S. The summed E-state index contributed by atoms with van der Waals surface area (Å²) in [6.07, 6.45) is -0.271. The van der Waals surface area contributed by atoms with E-state index >= 15 is 0 Å². The van der Waals surface area contributed by atoms with Crippen molar-refractivity contribution in [2.75, 3.05) is 20.2 Å². The standard InChI is InChI=1S/C20H23N3O5S/c1-28-18-10-6-5-7-15(18)14-22-19(24)13-17-20(25)21-11-12-23(17)29(26,27)16-8-3-2-4-9-16/h2-10,17H,11-14H2,1H3,(H,21,25)(H,22,24). The Balaban J connectivity index is 1.73. The average Bonchev–Trinajstić information content (AvgIpc) is 2.74. The first-order chi connectivity index (χ1) is 13.9. The van der Waals surface area contributed by atoms with Gasteiger partial charge in [-0.3, -0.25) is 9.59 Å². The number of ether oxygens (including phenoxy) is 1. The summed E-state index contributed by atoms with van der Waals surface area (Å²) in [6.45, 7) is 0.514. The van der Waals surface area contributed by atoms with E-state index in [0.717, 1.165) is 9.87 Å². The number of sulfonamides is 1. The Morgan fingerprint density at radius 2 is 1.86 bits per heavy atom. The molecule has 0 saturated carbocycles. The minimum atomic E-state index is -3.90. The Morgan fingerprint density at radius 1 is 1.17 bits per heavy atom. The van der Waals surface area contributed by atoms with Gasteiger partial charge < -0.3 is 15.4 Å². The number of carbonyl (C=O) groups excluding carboxylic acids is 2. The van der Waals surface area contributed by atoms with Crippen molar-refractivity contribution in [3.8, 4) is 5.75 Å². The maximum absolute atomic E-state index is 13.0. The SMILES string of the molecule is COc1ccccc1CNC(=O)CC1C(=O)NCCN1S(=O)(=O)c1ccccc1. The van der Waals surface area contributed by atoms with Crippen molar-refractivity contribution in [3.63, 3.8) is 0 Å². The number of nitrogens with zero attached hydrogens (tertiary/aromatic N) is 1. The maximum atomic E-state index is 13.0. The van der Waals surface area contributed by atoms with Gasteiger partial charge in [0.15, 0.2) is 0 Å². The number of benzene rings is 2. The minimum absolute atomic E-state index is 0.0918. The van der Waals surface area contributed by atoms with Gasteiger partial charge in [0.2, 0.25) is 21.8 Å². The number of hydrogen-bond donors (Lipinski definition) is 2. The smallest absolute Gasteiger partial charge is 0.243 e. The van der Waals surface area contributed by atoms with E-state index in [2.05, 4.69) is 10.6 Å². The molecule has 0 aliphatic carbocycles. The second-order valence-electron chi connectivity index (χ2n) is 6.53. The molecule has 2 aromatic rings. The Hall–Kier alpha value is -2.91. The molecule has 1 unspecified atom stereocenters. The Kier molecular flexibility index (Phi) is 6.50. The van der Waals surface area contributed by atoms with Crippen LogP contribution in [0, 0.1) is 0 Å². The molecule has 8 nitrogen and oxygen atoms in total. The van der Waals surface area contributed by atoms with E-state index in [1.54, 1.807) is 31.4 Å². The van der Waals surface area contributed by atoms with Crippen molar-refractivity contribution in [1.29, 1.82) is 0 Å². The maximum Gasteiger partial charge on any atom is 0.243 e. The molecule has 1 saturated heterocycles. The van der Waals surface area contributed by atoms with Gasteiger partial charge in [-0.1, -0.05) is 36.4 Å². The number of methoxy groups -OCH3 is 1. The molecule has 2 aromatic carbocycles. The van der Waals surface area contributed by atoms with E-state index in [0.29, 0.717) is 5.75 Å². The van der Waals surface area contributed by atoms with Crippen LogP contribution in [0.3, 0.4) is 0 Å².